The third-order valence-electron chi connectivity index (χ3n) is 5.34. The molecule has 0 spiro atoms. The molecule has 2 aliphatic rings. The minimum Gasteiger partial charge on any atom is -0.493 e. The van der Waals surface area contributed by atoms with Gasteiger partial charge in [-0.25, -0.2) is 0 Å². The summed E-state index contributed by atoms with van der Waals surface area (Å²) in [5.74, 6) is 1.20. The summed E-state index contributed by atoms with van der Waals surface area (Å²) >= 11 is 0. The van der Waals surface area contributed by atoms with Crippen LogP contribution in [-0.4, -0.2) is 56.3 Å². The molecule has 5 nitrogen and oxygen atoms in total. The van der Waals surface area contributed by atoms with Crippen molar-refractivity contribution in [3.05, 3.63) is 29.8 Å². The van der Waals surface area contributed by atoms with E-state index in [9.17, 15) is 4.79 Å². The Morgan fingerprint density at radius 2 is 1.92 bits per heavy atom. The second kappa shape index (κ2) is 9.20. The third kappa shape index (κ3) is 4.95. The van der Waals surface area contributed by atoms with Crippen LogP contribution in [0.2, 0.25) is 0 Å². The van der Waals surface area contributed by atoms with E-state index in [4.69, 9.17) is 9.47 Å². The number of hydrogen-bond acceptors (Lipinski definition) is 4. The van der Waals surface area contributed by atoms with E-state index in [-0.39, 0.29) is 5.91 Å². The van der Waals surface area contributed by atoms with Crippen molar-refractivity contribution < 1.29 is 14.3 Å². The number of piperidine rings is 1. The highest BCUT2D eigenvalue weighted by atomic mass is 16.5. The normalized spacial score (nSPS) is 20.4. The van der Waals surface area contributed by atoms with Gasteiger partial charge in [-0.15, -0.1) is 0 Å². The fourth-order valence-corrected chi connectivity index (χ4v) is 3.84. The molecule has 2 aliphatic heterocycles. The first-order chi connectivity index (χ1) is 12.3. The van der Waals surface area contributed by atoms with E-state index in [2.05, 4.69) is 10.2 Å². The summed E-state index contributed by atoms with van der Waals surface area (Å²) < 4.78 is 11.0. The molecule has 0 unspecified atom stereocenters. The highest BCUT2D eigenvalue weighted by Crippen LogP contribution is 2.23. The first kappa shape index (κ1) is 18.2. The second-order valence-electron chi connectivity index (χ2n) is 6.96. The van der Waals surface area contributed by atoms with E-state index in [1.165, 1.54) is 0 Å². The largest absolute Gasteiger partial charge is 0.493 e. The van der Waals surface area contributed by atoms with Crippen molar-refractivity contribution in [1.82, 2.24) is 10.2 Å². The van der Waals surface area contributed by atoms with Gasteiger partial charge in [0.2, 0.25) is 0 Å². The molecule has 0 bridgehead atoms. The molecule has 0 aromatic heterocycles. The Morgan fingerprint density at radius 1 is 1.20 bits per heavy atom. The van der Waals surface area contributed by atoms with Crippen molar-refractivity contribution in [2.45, 2.75) is 38.6 Å². The topological polar surface area (TPSA) is 50.8 Å². The molecule has 138 valence electrons. The van der Waals surface area contributed by atoms with Gasteiger partial charge in [0.25, 0.3) is 5.91 Å². The summed E-state index contributed by atoms with van der Waals surface area (Å²) in [6, 6.07) is 8.15. The Labute approximate surface area is 150 Å². The van der Waals surface area contributed by atoms with Crippen LogP contribution < -0.4 is 10.1 Å². The van der Waals surface area contributed by atoms with Crippen LogP contribution in [-0.2, 0) is 4.74 Å². The smallest absolute Gasteiger partial charge is 0.255 e. The van der Waals surface area contributed by atoms with Crippen LogP contribution in [0, 0.1) is 5.92 Å². The first-order valence-corrected chi connectivity index (χ1v) is 9.59. The van der Waals surface area contributed by atoms with Crippen molar-refractivity contribution in [3.63, 3.8) is 0 Å². The summed E-state index contributed by atoms with van der Waals surface area (Å²) in [5.41, 5.74) is 0.629. The van der Waals surface area contributed by atoms with Crippen molar-refractivity contribution in [2.75, 3.05) is 39.5 Å². The van der Waals surface area contributed by atoms with Gasteiger partial charge >= 0.3 is 0 Å². The number of likely N-dealkylation sites (tertiary alicyclic amines) is 1. The van der Waals surface area contributed by atoms with Gasteiger partial charge < -0.3 is 19.7 Å². The average Bonchev–Trinajstić information content (AvgIpc) is 2.68. The molecule has 2 fully saturated rings. The van der Waals surface area contributed by atoms with Crippen molar-refractivity contribution in [1.29, 1.82) is 0 Å². The Kier molecular flexibility index (Phi) is 6.70. The zero-order chi connectivity index (χ0) is 17.5. The van der Waals surface area contributed by atoms with Gasteiger partial charge in [0, 0.05) is 25.8 Å². The quantitative estimate of drug-likeness (QED) is 0.860. The van der Waals surface area contributed by atoms with E-state index in [0.717, 1.165) is 58.5 Å². The number of hydrogen-bond donors (Lipinski definition) is 1. The van der Waals surface area contributed by atoms with Gasteiger partial charge in [-0.3, -0.25) is 4.79 Å². The molecular formula is C20H30N2O3. The molecular weight excluding hydrogens is 316 g/mol. The van der Waals surface area contributed by atoms with Gasteiger partial charge in [0.1, 0.15) is 5.75 Å². The standard InChI is InChI=1S/C20H30N2O3/c1-2-25-19-6-4-3-5-18(19)20(23)21-15-16-7-11-22(12-8-16)17-9-13-24-14-10-17/h3-6,16-17H,2,7-15H2,1H3,(H,21,23). The molecule has 0 radical (unpaired) electrons. The number of amides is 1. The highest BCUT2D eigenvalue weighted by molar-refractivity contribution is 5.96. The van der Waals surface area contributed by atoms with Crippen molar-refractivity contribution >= 4 is 5.91 Å². The van der Waals surface area contributed by atoms with Crippen LogP contribution in [0.3, 0.4) is 0 Å². The summed E-state index contributed by atoms with van der Waals surface area (Å²) in [5, 5.41) is 3.10. The van der Waals surface area contributed by atoms with Crippen LogP contribution in [0.4, 0.5) is 0 Å². The molecule has 25 heavy (non-hydrogen) atoms. The minimum absolute atomic E-state index is 0.0316. The molecule has 1 aromatic carbocycles. The third-order valence-corrected chi connectivity index (χ3v) is 5.34. The Bertz CT molecular complexity index is 550. The Hall–Kier alpha value is -1.59. The van der Waals surface area contributed by atoms with Gasteiger partial charge in [-0.1, -0.05) is 12.1 Å². The molecule has 0 atom stereocenters. The van der Waals surface area contributed by atoms with E-state index in [1.807, 2.05) is 31.2 Å². The van der Waals surface area contributed by atoms with Gasteiger partial charge in [-0.2, -0.15) is 0 Å². The molecule has 1 N–H and O–H groups in total. The van der Waals surface area contributed by atoms with Crippen LogP contribution in [0.25, 0.3) is 0 Å². The predicted octanol–water partition coefficient (Wildman–Crippen LogP) is 2.71. The maximum atomic E-state index is 12.5. The van der Waals surface area contributed by atoms with E-state index in [1.54, 1.807) is 0 Å². The molecule has 0 aliphatic carbocycles. The lowest BCUT2D eigenvalue weighted by Crippen LogP contribution is -2.45. The van der Waals surface area contributed by atoms with E-state index >= 15 is 0 Å². The number of para-hydroxylation sites is 1. The summed E-state index contributed by atoms with van der Waals surface area (Å²) in [7, 11) is 0. The Morgan fingerprint density at radius 3 is 2.64 bits per heavy atom. The van der Waals surface area contributed by atoms with Gasteiger partial charge in [0.05, 0.1) is 12.2 Å². The number of carbonyl (C=O) groups excluding carboxylic acids is 1. The molecule has 5 heteroatoms. The number of rotatable bonds is 6. The lowest BCUT2D eigenvalue weighted by molar-refractivity contribution is 0.0211. The zero-order valence-electron chi connectivity index (χ0n) is 15.2. The number of benzene rings is 1. The van der Waals surface area contributed by atoms with E-state index < -0.39 is 0 Å². The maximum Gasteiger partial charge on any atom is 0.255 e. The molecule has 1 amide bonds. The second-order valence-corrected chi connectivity index (χ2v) is 6.96. The van der Waals surface area contributed by atoms with Crippen LogP contribution in [0.1, 0.15) is 43.0 Å². The number of ether oxygens (including phenoxy) is 2. The lowest BCUT2D eigenvalue weighted by Gasteiger charge is -2.39. The van der Waals surface area contributed by atoms with Gasteiger partial charge in [0.15, 0.2) is 0 Å². The number of nitrogens with one attached hydrogen (secondary N) is 1. The highest BCUT2D eigenvalue weighted by Gasteiger charge is 2.26. The summed E-state index contributed by atoms with van der Waals surface area (Å²) in [6.45, 7) is 7.33. The van der Waals surface area contributed by atoms with Crippen molar-refractivity contribution in [2.24, 2.45) is 5.92 Å². The Balaban J connectivity index is 1.44. The van der Waals surface area contributed by atoms with Crippen LogP contribution in [0.15, 0.2) is 24.3 Å². The SMILES string of the molecule is CCOc1ccccc1C(=O)NCC1CCN(C2CCOCC2)CC1. The molecule has 3 rings (SSSR count). The van der Waals surface area contributed by atoms with Crippen LogP contribution >= 0.6 is 0 Å². The first-order valence-electron chi connectivity index (χ1n) is 9.59. The maximum absolute atomic E-state index is 12.5. The molecule has 0 saturated carbocycles. The average molecular weight is 346 g/mol. The van der Waals surface area contributed by atoms with E-state index in [0.29, 0.717) is 29.9 Å². The zero-order valence-corrected chi connectivity index (χ0v) is 15.2. The summed E-state index contributed by atoms with van der Waals surface area (Å²) in [6.07, 6.45) is 4.64. The lowest BCUT2D eigenvalue weighted by atomic mass is 9.94. The molecule has 1 aromatic rings. The number of nitrogens with zero attached hydrogens (tertiary/aromatic N) is 1. The van der Waals surface area contributed by atoms with Crippen LogP contribution in [0.5, 0.6) is 5.75 Å². The van der Waals surface area contributed by atoms with Crippen molar-refractivity contribution in [3.8, 4) is 5.75 Å². The molecule has 2 saturated heterocycles. The van der Waals surface area contributed by atoms with Gasteiger partial charge in [-0.05, 0) is 63.7 Å². The fraction of sp³-hybridized carbons (Fsp3) is 0.650. The predicted molar refractivity (Wildman–Crippen MR) is 98.1 cm³/mol. The number of carbonyl (C=O) groups is 1. The monoisotopic (exact) mass is 346 g/mol. The summed E-state index contributed by atoms with van der Waals surface area (Å²) in [4.78, 5) is 15.1. The minimum atomic E-state index is -0.0316. The molecule has 2 heterocycles. The fourth-order valence-electron chi connectivity index (χ4n) is 3.84.